The van der Waals surface area contributed by atoms with Crippen molar-refractivity contribution in [1.29, 1.82) is 0 Å². The Morgan fingerprint density at radius 3 is 2.50 bits per heavy atom. The number of hydrogen-bond acceptors (Lipinski definition) is 4. The molecule has 1 aromatic heterocycles. The van der Waals surface area contributed by atoms with Gasteiger partial charge in [0.15, 0.2) is 12.4 Å². The Bertz CT molecular complexity index is 1060. The van der Waals surface area contributed by atoms with Crippen molar-refractivity contribution >= 4 is 45.9 Å². The van der Waals surface area contributed by atoms with Gasteiger partial charge in [0.1, 0.15) is 11.3 Å². The van der Waals surface area contributed by atoms with Gasteiger partial charge < -0.3 is 4.74 Å². The topological polar surface area (TPSA) is 80.3 Å². The van der Waals surface area contributed by atoms with Crippen LogP contribution in [-0.4, -0.2) is 23.4 Å². The highest BCUT2D eigenvalue weighted by Crippen LogP contribution is 2.37. The quantitative estimate of drug-likeness (QED) is 0.627. The average Bonchev–Trinajstić information content (AvgIpc) is 2.66. The third-order valence-electron chi connectivity index (χ3n) is 3.75. The van der Waals surface area contributed by atoms with Crippen LogP contribution in [0.25, 0.3) is 10.9 Å². The first-order valence-corrected chi connectivity index (χ1v) is 8.83. The lowest BCUT2D eigenvalue weighted by atomic mass is 10.2. The first kappa shape index (κ1) is 19.9. The highest BCUT2D eigenvalue weighted by Gasteiger charge is 2.15. The number of carbonyl (C=O) groups is 2. The van der Waals surface area contributed by atoms with E-state index in [0.29, 0.717) is 15.9 Å². The minimum Gasteiger partial charge on any atom is -0.480 e. The van der Waals surface area contributed by atoms with Gasteiger partial charge in [-0.3, -0.25) is 20.4 Å². The third-order valence-corrected chi connectivity index (χ3v) is 4.34. The molecule has 0 bridgehead atoms. The zero-order chi connectivity index (χ0) is 20.3. The first-order chi connectivity index (χ1) is 13.3. The number of ether oxygens (including phenoxy) is 1. The summed E-state index contributed by atoms with van der Waals surface area (Å²) in [5.74, 6) is -1.47. The van der Waals surface area contributed by atoms with Gasteiger partial charge in [-0.1, -0.05) is 23.2 Å². The van der Waals surface area contributed by atoms with Crippen molar-refractivity contribution in [3.63, 3.8) is 0 Å². The maximum absolute atomic E-state index is 12.9. The molecular weight excluding hydrogens is 408 g/mol. The summed E-state index contributed by atoms with van der Waals surface area (Å²) in [6.07, 6.45) is 0. The van der Waals surface area contributed by atoms with Crippen LogP contribution in [0, 0.1) is 12.7 Å². The van der Waals surface area contributed by atoms with Crippen molar-refractivity contribution in [3.8, 4) is 5.75 Å². The van der Waals surface area contributed by atoms with E-state index in [1.165, 1.54) is 18.2 Å². The number of nitrogens with one attached hydrogen (secondary N) is 2. The summed E-state index contributed by atoms with van der Waals surface area (Å²) < 4.78 is 18.4. The van der Waals surface area contributed by atoms with Gasteiger partial charge in [-0.05, 0) is 49.4 Å². The normalized spacial score (nSPS) is 10.6. The molecule has 0 fully saturated rings. The van der Waals surface area contributed by atoms with E-state index in [2.05, 4.69) is 15.8 Å². The maximum atomic E-state index is 12.9. The van der Waals surface area contributed by atoms with E-state index in [4.69, 9.17) is 27.9 Å². The van der Waals surface area contributed by atoms with E-state index >= 15 is 0 Å². The number of aromatic nitrogens is 1. The SMILES string of the molecule is Cc1ccc2c(Cl)cc(Cl)c(OCC(=O)NNC(=O)c3ccc(F)cc3)c2n1. The van der Waals surface area contributed by atoms with Crippen molar-refractivity contribution in [2.24, 2.45) is 0 Å². The number of hydrogen-bond donors (Lipinski definition) is 2. The molecule has 0 saturated heterocycles. The molecule has 0 radical (unpaired) electrons. The van der Waals surface area contributed by atoms with Crippen molar-refractivity contribution in [2.45, 2.75) is 6.92 Å². The summed E-state index contributed by atoms with van der Waals surface area (Å²) >= 11 is 12.4. The van der Waals surface area contributed by atoms with Crippen molar-refractivity contribution in [1.82, 2.24) is 15.8 Å². The van der Waals surface area contributed by atoms with Gasteiger partial charge in [-0.25, -0.2) is 9.37 Å². The van der Waals surface area contributed by atoms with E-state index in [0.717, 1.165) is 17.8 Å². The first-order valence-electron chi connectivity index (χ1n) is 8.08. The monoisotopic (exact) mass is 421 g/mol. The molecule has 0 aliphatic heterocycles. The predicted molar refractivity (Wildman–Crippen MR) is 104 cm³/mol. The van der Waals surface area contributed by atoms with Crippen LogP contribution in [0.2, 0.25) is 10.0 Å². The number of benzene rings is 2. The summed E-state index contributed by atoms with van der Waals surface area (Å²) in [6, 6.07) is 9.95. The Hall–Kier alpha value is -2.90. The van der Waals surface area contributed by atoms with Crippen LogP contribution >= 0.6 is 23.2 Å². The van der Waals surface area contributed by atoms with Crippen LogP contribution in [0.15, 0.2) is 42.5 Å². The Balaban J connectivity index is 1.65. The molecule has 0 aliphatic rings. The second kappa shape index (κ2) is 8.41. The maximum Gasteiger partial charge on any atom is 0.276 e. The lowest BCUT2D eigenvalue weighted by Crippen LogP contribution is -2.43. The number of hydrazine groups is 1. The zero-order valence-electron chi connectivity index (χ0n) is 14.6. The molecule has 0 spiro atoms. The highest BCUT2D eigenvalue weighted by atomic mass is 35.5. The molecular formula is C19H14Cl2FN3O3. The summed E-state index contributed by atoms with van der Waals surface area (Å²) in [5.41, 5.74) is 5.77. The number of amides is 2. The van der Waals surface area contributed by atoms with Crippen LogP contribution in [0.4, 0.5) is 4.39 Å². The molecule has 6 nitrogen and oxygen atoms in total. The highest BCUT2D eigenvalue weighted by molar-refractivity contribution is 6.39. The molecule has 3 aromatic rings. The third kappa shape index (κ3) is 4.49. The lowest BCUT2D eigenvalue weighted by Gasteiger charge is -2.13. The molecule has 1 heterocycles. The number of aryl methyl sites for hydroxylation is 1. The summed E-state index contributed by atoms with van der Waals surface area (Å²) in [5, 5.41) is 1.26. The fraction of sp³-hybridized carbons (Fsp3) is 0.105. The predicted octanol–water partition coefficient (Wildman–Crippen LogP) is 3.83. The van der Waals surface area contributed by atoms with Crippen LogP contribution < -0.4 is 15.6 Å². The van der Waals surface area contributed by atoms with Crippen molar-refractivity contribution in [3.05, 3.63) is 69.6 Å². The molecule has 0 atom stereocenters. The molecule has 2 amide bonds. The number of fused-ring (bicyclic) bond motifs is 1. The fourth-order valence-corrected chi connectivity index (χ4v) is 2.97. The summed E-state index contributed by atoms with van der Waals surface area (Å²) in [6.45, 7) is 1.38. The van der Waals surface area contributed by atoms with Crippen LogP contribution in [0.3, 0.4) is 0 Å². The van der Waals surface area contributed by atoms with Gasteiger partial charge in [0, 0.05) is 16.6 Å². The van der Waals surface area contributed by atoms with Gasteiger partial charge in [0.2, 0.25) is 0 Å². The standard InChI is InChI=1S/C19H14Cl2FN3O3/c1-10-2-7-13-14(20)8-15(21)18(17(13)23-10)28-9-16(26)24-25-19(27)11-3-5-12(22)6-4-11/h2-8H,9H2,1H3,(H,24,26)(H,25,27). The second-order valence-corrected chi connectivity index (χ2v) is 6.63. The van der Waals surface area contributed by atoms with Crippen molar-refractivity contribution < 1.29 is 18.7 Å². The largest absolute Gasteiger partial charge is 0.480 e. The smallest absolute Gasteiger partial charge is 0.276 e. The Morgan fingerprint density at radius 2 is 1.79 bits per heavy atom. The van der Waals surface area contributed by atoms with Gasteiger partial charge in [0.25, 0.3) is 11.8 Å². The van der Waals surface area contributed by atoms with Crippen LogP contribution in [0.1, 0.15) is 16.1 Å². The van der Waals surface area contributed by atoms with E-state index in [1.54, 1.807) is 19.1 Å². The summed E-state index contributed by atoms with van der Waals surface area (Å²) in [7, 11) is 0. The van der Waals surface area contributed by atoms with Gasteiger partial charge in [-0.15, -0.1) is 0 Å². The van der Waals surface area contributed by atoms with Crippen molar-refractivity contribution in [2.75, 3.05) is 6.61 Å². The number of halogens is 3. The molecule has 9 heteroatoms. The molecule has 28 heavy (non-hydrogen) atoms. The van der Waals surface area contributed by atoms with Gasteiger partial charge in [0.05, 0.1) is 10.0 Å². The fourth-order valence-electron chi connectivity index (χ4n) is 2.40. The molecule has 144 valence electrons. The number of pyridine rings is 1. The van der Waals surface area contributed by atoms with Crippen LogP contribution in [-0.2, 0) is 4.79 Å². The molecule has 2 N–H and O–H groups in total. The number of nitrogens with zero attached hydrogens (tertiary/aromatic N) is 1. The minimum absolute atomic E-state index is 0.189. The zero-order valence-corrected chi connectivity index (χ0v) is 16.1. The second-order valence-electron chi connectivity index (χ2n) is 5.82. The van der Waals surface area contributed by atoms with E-state index < -0.39 is 24.2 Å². The summed E-state index contributed by atoms with van der Waals surface area (Å²) in [4.78, 5) is 28.3. The Kier molecular flexibility index (Phi) is 5.96. The molecule has 0 saturated carbocycles. The minimum atomic E-state index is -0.623. The Labute approximate surface area is 169 Å². The molecule has 2 aromatic carbocycles. The Morgan fingerprint density at radius 1 is 1.07 bits per heavy atom. The lowest BCUT2D eigenvalue weighted by molar-refractivity contribution is -0.123. The molecule has 3 rings (SSSR count). The van der Waals surface area contributed by atoms with Gasteiger partial charge in [-0.2, -0.15) is 0 Å². The molecule has 0 unspecified atom stereocenters. The van der Waals surface area contributed by atoms with Crippen LogP contribution in [0.5, 0.6) is 5.75 Å². The van der Waals surface area contributed by atoms with E-state index in [1.807, 2.05) is 0 Å². The van der Waals surface area contributed by atoms with E-state index in [-0.39, 0.29) is 16.3 Å². The van der Waals surface area contributed by atoms with E-state index in [9.17, 15) is 14.0 Å². The van der Waals surface area contributed by atoms with Gasteiger partial charge >= 0.3 is 0 Å². The average molecular weight is 422 g/mol. The number of carbonyl (C=O) groups excluding carboxylic acids is 2. The molecule has 0 aliphatic carbocycles. The number of rotatable bonds is 4.